The van der Waals surface area contributed by atoms with E-state index in [1.165, 1.54) is 30.5 Å². The molecule has 0 aliphatic heterocycles. The minimum atomic E-state index is 0.744. The quantitative estimate of drug-likeness (QED) is 0.850. The lowest BCUT2D eigenvalue weighted by atomic mass is 10.1. The number of fused-ring (bicyclic) bond motifs is 1. The van der Waals surface area contributed by atoms with Gasteiger partial charge in [0.2, 0.25) is 0 Å². The first-order chi connectivity index (χ1) is 9.79. The number of aromatic nitrogens is 3. The fourth-order valence-electron chi connectivity index (χ4n) is 2.80. The van der Waals surface area contributed by atoms with Crippen molar-refractivity contribution in [3.05, 3.63) is 35.2 Å². The molecular formula is C16H20N4. The molecule has 2 heterocycles. The Morgan fingerprint density at radius 3 is 2.75 bits per heavy atom. The highest BCUT2D eigenvalue weighted by Crippen LogP contribution is 2.27. The maximum Gasteiger partial charge on any atom is 0.180 e. The Morgan fingerprint density at radius 2 is 1.95 bits per heavy atom. The average molecular weight is 268 g/mol. The number of aryl methyl sites for hydroxylation is 2. The van der Waals surface area contributed by atoms with E-state index in [0.717, 1.165) is 35.7 Å². The highest BCUT2D eigenvalue weighted by molar-refractivity contribution is 5.59. The molecule has 0 atom stereocenters. The zero-order chi connectivity index (χ0) is 13.9. The van der Waals surface area contributed by atoms with Crippen molar-refractivity contribution >= 4 is 5.82 Å². The van der Waals surface area contributed by atoms with Crippen molar-refractivity contribution in [2.24, 2.45) is 0 Å². The summed E-state index contributed by atoms with van der Waals surface area (Å²) in [4.78, 5) is 13.9. The standard InChI is InChI=1S/C16H20N4/c1-11-7-6-10-18-14(11)16-19-13-9-5-3-4-8-12(13)15(17-2)20-16/h6-7,10H,3-5,8-9H2,1-2H3,(H,17,19,20). The summed E-state index contributed by atoms with van der Waals surface area (Å²) >= 11 is 0. The monoisotopic (exact) mass is 268 g/mol. The number of nitrogens with zero attached hydrogens (tertiary/aromatic N) is 3. The van der Waals surface area contributed by atoms with E-state index in [-0.39, 0.29) is 0 Å². The number of rotatable bonds is 2. The molecule has 1 aliphatic rings. The van der Waals surface area contributed by atoms with Crippen molar-refractivity contribution in [3.8, 4) is 11.5 Å². The second-order valence-corrected chi connectivity index (χ2v) is 5.30. The third-order valence-electron chi connectivity index (χ3n) is 3.89. The smallest absolute Gasteiger partial charge is 0.180 e. The van der Waals surface area contributed by atoms with Crippen molar-refractivity contribution in [1.29, 1.82) is 0 Å². The molecular weight excluding hydrogens is 248 g/mol. The van der Waals surface area contributed by atoms with Gasteiger partial charge in [0.1, 0.15) is 11.5 Å². The number of pyridine rings is 1. The fraction of sp³-hybridized carbons (Fsp3) is 0.438. The van der Waals surface area contributed by atoms with Gasteiger partial charge in [-0.2, -0.15) is 0 Å². The molecule has 2 aromatic rings. The molecule has 2 aromatic heterocycles. The van der Waals surface area contributed by atoms with Crippen molar-refractivity contribution < 1.29 is 0 Å². The van der Waals surface area contributed by atoms with Crippen LogP contribution in [0.15, 0.2) is 18.3 Å². The van der Waals surface area contributed by atoms with Crippen LogP contribution in [0.5, 0.6) is 0 Å². The maximum absolute atomic E-state index is 4.80. The summed E-state index contributed by atoms with van der Waals surface area (Å²) in [6.07, 6.45) is 7.65. The number of hydrogen-bond donors (Lipinski definition) is 1. The van der Waals surface area contributed by atoms with E-state index in [2.05, 4.69) is 23.3 Å². The van der Waals surface area contributed by atoms with Gasteiger partial charge in [-0.1, -0.05) is 12.5 Å². The number of nitrogens with one attached hydrogen (secondary N) is 1. The summed E-state index contributed by atoms with van der Waals surface area (Å²) in [5, 5.41) is 3.23. The molecule has 0 amide bonds. The van der Waals surface area contributed by atoms with Crippen molar-refractivity contribution in [3.63, 3.8) is 0 Å². The fourth-order valence-corrected chi connectivity index (χ4v) is 2.80. The Hall–Kier alpha value is -1.97. The third kappa shape index (κ3) is 2.38. The molecule has 0 fully saturated rings. The summed E-state index contributed by atoms with van der Waals surface area (Å²) in [5.41, 5.74) is 4.49. The molecule has 4 nitrogen and oxygen atoms in total. The van der Waals surface area contributed by atoms with E-state index in [4.69, 9.17) is 9.97 Å². The topological polar surface area (TPSA) is 50.7 Å². The van der Waals surface area contributed by atoms with Crippen LogP contribution in [-0.2, 0) is 12.8 Å². The Balaban J connectivity index is 2.14. The lowest BCUT2D eigenvalue weighted by Gasteiger charge is -2.13. The van der Waals surface area contributed by atoms with E-state index in [1.807, 2.05) is 13.1 Å². The largest absolute Gasteiger partial charge is 0.373 e. The lowest BCUT2D eigenvalue weighted by Crippen LogP contribution is -2.07. The van der Waals surface area contributed by atoms with Crippen LogP contribution in [0.3, 0.4) is 0 Å². The maximum atomic E-state index is 4.80. The molecule has 0 unspecified atom stereocenters. The number of anilines is 1. The average Bonchev–Trinajstić information content (AvgIpc) is 2.72. The van der Waals surface area contributed by atoms with Crippen molar-refractivity contribution in [2.45, 2.75) is 39.0 Å². The molecule has 20 heavy (non-hydrogen) atoms. The molecule has 0 bridgehead atoms. The van der Waals surface area contributed by atoms with Gasteiger partial charge in [-0.15, -0.1) is 0 Å². The van der Waals surface area contributed by atoms with Gasteiger partial charge in [-0.05, 0) is 44.2 Å². The van der Waals surface area contributed by atoms with Gasteiger partial charge in [0.15, 0.2) is 5.82 Å². The van der Waals surface area contributed by atoms with Crippen LogP contribution in [0, 0.1) is 6.92 Å². The van der Waals surface area contributed by atoms with Crippen LogP contribution in [-0.4, -0.2) is 22.0 Å². The Labute approximate surface area is 119 Å². The first kappa shape index (κ1) is 13.0. The minimum Gasteiger partial charge on any atom is -0.373 e. The van der Waals surface area contributed by atoms with Crippen molar-refractivity contribution in [1.82, 2.24) is 15.0 Å². The normalized spacial score (nSPS) is 14.5. The summed E-state index contributed by atoms with van der Waals surface area (Å²) in [6, 6.07) is 4.00. The van der Waals surface area contributed by atoms with Crippen LogP contribution in [0.25, 0.3) is 11.5 Å². The van der Waals surface area contributed by atoms with Crippen LogP contribution in [0.2, 0.25) is 0 Å². The van der Waals surface area contributed by atoms with E-state index in [1.54, 1.807) is 6.20 Å². The van der Waals surface area contributed by atoms with E-state index in [9.17, 15) is 0 Å². The highest BCUT2D eigenvalue weighted by Gasteiger charge is 2.17. The lowest BCUT2D eigenvalue weighted by molar-refractivity contribution is 0.709. The first-order valence-electron chi connectivity index (χ1n) is 7.29. The van der Waals surface area contributed by atoms with Gasteiger partial charge in [-0.25, -0.2) is 9.97 Å². The molecule has 0 saturated carbocycles. The Morgan fingerprint density at radius 1 is 1.10 bits per heavy atom. The second kappa shape index (κ2) is 5.57. The zero-order valence-corrected chi connectivity index (χ0v) is 12.1. The molecule has 4 heteroatoms. The molecule has 0 aromatic carbocycles. The minimum absolute atomic E-state index is 0.744. The third-order valence-corrected chi connectivity index (χ3v) is 3.89. The predicted octanol–water partition coefficient (Wildman–Crippen LogP) is 3.16. The van der Waals surface area contributed by atoms with Crippen LogP contribution in [0.4, 0.5) is 5.82 Å². The Kier molecular flexibility index (Phi) is 3.63. The van der Waals surface area contributed by atoms with Gasteiger partial charge < -0.3 is 5.32 Å². The molecule has 1 N–H and O–H groups in total. The SMILES string of the molecule is CNc1nc(-c2ncccc2C)nc2c1CCCCC2. The first-order valence-corrected chi connectivity index (χ1v) is 7.29. The zero-order valence-electron chi connectivity index (χ0n) is 12.1. The Bertz CT molecular complexity index is 622. The summed E-state index contributed by atoms with van der Waals surface area (Å²) in [7, 11) is 1.93. The molecule has 0 saturated heterocycles. The van der Waals surface area contributed by atoms with E-state index in [0.29, 0.717) is 0 Å². The molecule has 0 radical (unpaired) electrons. The highest BCUT2D eigenvalue weighted by atomic mass is 15.0. The second-order valence-electron chi connectivity index (χ2n) is 5.30. The van der Waals surface area contributed by atoms with E-state index >= 15 is 0 Å². The van der Waals surface area contributed by atoms with Gasteiger partial charge in [0.05, 0.1) is 0 Å². The molecule has 104 valence electrons. The number of hydrogen-bond acceptors (Lipinski definition) is 4. The molecule has 1 aliphatic carbocycles. The summed E-state index contributed by atoms with van der Waals surface area (Å²) in [6.45, 7) is 2.05. The summed E-state index contributed by atoms with van der Waals surface area (Å²) < 4.78 is 0. The summed E-state index contributed by atoms with van der Waals surface area (Å²) in [5.74, 6) is 1.71. The van der Waals surface area contributed by atoms with Gasteiger partial charge in [0, 0.05) is 24.5 Å². The predicted molar refractivity (Wildman–Crippen MR) is 80.8 cm³/mol. The molecule has 3 rings (SSSR count). The van der Waals surface area contributed by atoms with Crippen LogP contribution >= 0.6 is 0 Å². The molecule has 0 spiro atoms. The van der Waals surface area contributed by atoms with Crippen molar-refractivity contribution in [2.75, 3.05) is 12.4 Å². The van der Waals surface area contributed by atoms with Gasteiger partial charge in [-0.3, -0.25) is 4.98 Å². The van der Waals surface area contributed by atoms with Crippen LogP contribution in [0.1, 0.15) is 36.1 Å². The van der Waals surface area contributed by atoms with Crippen LogP contribution < -0.4 is 5.32 Å². The van der Waals surface area contributed by atoms with Gasteiger partial charge >= 0.3 is 0 Å². The van der Waals surface area contributed by atoms with E-state index < -0.39 is 0 Å². The van der Waals surface area contributed by atoms with Gasteiger partial charge in [0.25, 0.3) is 0 Å².